The first kappa shape index (κ1) is 19.0. The van der Waals surface area contributed by atoms with Crippen molar-refractivity contribution in [3.05, 3.63) is 34.6 Å². The van der Waals surface area contributed by atoms with Crippen LogP contribution in [-0.2, 0) is 9.53 Å². The molecule has 4 heterocycles. The number of ether oxygens (including phenoxy) is 1. The van der Waals surface area contributed by atoms with Crippen LogP contribution in [0.2, 0.25) is 0 Å². The number of piperidine rings is 1. The van der Waals surface area contributed by atoms with Crippen LogP contribution in [0.15, 0.2) is 31.9 Å². The number of likely N-dealkylation sites (tertiary alicyclic amines) is 1. The Hall–Kier alpha value is -2.94. The Bertz CT molecular complexity index is 1130. The molecule has 5 rings (SSSR count). The maximum Gasteiger partial charge on any atom is 0.420 e. The summed E-state index contributed by atoms with van der Waals surface area (Å²) < 4.78 is 17.7. The summed E-state index contributed by atoms with van der Waals surface area (Å²) >= 11 is 0. The van der Waals surface area contributed by atoms with Gasteiger partial charge in [-0.1, -0.05) is 19.0 Å². The van der Waals surface area contributed by atoms with Crippen molar-refractivity contribution >= 4 is 17.0 Å². The largest absolute Gasteiger partial charge is 0.420 e. The Morgan fingerprint density at radius 2 is 1.97 bits per heavy atom. The van der Waals surface area contributed by atoms with Crippen LogP contribution >= 0.6 is 0 Å². The molecule has 0 saturated carbocycles. The van der Waals surface area contributed by atoms with E-state index in [2.05, 4.69) is 10.1 Å². The summed E-state index contributed by atoms with van der Waals surface area (Å²) in [4.78, 5) is 30.9. The molecule has 0 N–H and O–H groups in total. The molecular formula is C21H24N4O5. The molecule has 0 aliphatic carbocycles. The number of hydrogen-bond acceptors (Lipinski definition) is 7. The molecule has 30 heavy (non-hydrogen) atoms. The van der Waals surface area contributed by atoms with Gasteiger partial charge in [0.05, 0.1) is 24.8 Å². The third-order valence-corrected chi connectivity index (χ3v) is 5.95. The molecule has 9 nitrogen and oxygen atoms in total. The summed E-state index contributed by atoms with van der Waals surface area (Å²) in [6.45, 7) is 6.27. The number of hydrogen-bond donors (Lipinski definition) is 0. The molecular weight excluding hydrogens is 388 g/mol. The van der Waals surface area contributed by atoms with Gasteiger partial charge in [0, 0.05) is 30.5 Å². The predicted molar refractivity (Wildman–Crippen MR) is 107 cm³/mol. The van der Waals surface area contributed by atoms with E-state index in [1.807, 2.05) is 30.9 Å². The van der Waals surface area contributed by atoms with Crippen molar-refractivity contribution in [2.75, 3.05) is 26.3 Å². The van der Waals surface area contributed by atoms with Gasteiger partial charge in [-0.15, -0.1) is 0 Å². The highest BCUT2D eigenvalue weighted by Gasteiger charge is 2.29. The molecule has 2 fully saturated rings. The molecule has 9 heteroatoms. The number of nitrogens with zero attached hydrogens (tertiary/aromatic N) is 4. The predicted octanol–water partition coefficient (Wildman–Crippen LogP) is 2.58. The maximum absolute atomic E-state index is 12.2. The van der Waals surface area contributed by atoms with Crippen molar-refractivity contribution in [2.45, 2.75) is 38.6 Å². The van der Waals surface area contributed by atoms with Gasteiger partial charge >= 0.3 is 5.76 Å². The zero-order valence-electron chi connectivity index (χ0n) is 17.0. The number of aromatic nitrogens is 3. The highest BCUT2D eigenvalue weighted by Crippen LogP contribution is 2.30. The topological polar surface area (TPSA) is 104 Å². The molecule has 0 bridgehead atoms. The van der Waals surface area contributed by atoms with Crippen molar-refractivity contribution in [1.82, 2.24) is 19.6 Å². The van der Waals surface area contributed by atoms with E-state index >= 15 is 0 Å². The van der Waals surface area contributed by atoms with Crippen LogP contribution in [0.25, 0.3) is 22.6 Å². The van der Waals surface area contributed by atoms with Gasteiger partial charge in [0.15, 0.2) is 11.4 Å². The maximum atomic E-state index is 12.2. The second kappa shape index (κ2) is 7.39. The highest BCUT2D eigenvalue weighted by atomic mass is 16.5. The number of carbonyl (C=O) groups is 1. The molecule has 2 aliphatic heterocycles. The van der Waals surface area contributed by atoms with Crippen LogP contribution in [0.3, 0.4) is 0 Å². The Labute approximate surface area is 172 Å². The minimum atomic E-state index is -0.385. The van der Waals surface area contributed by atoms with Crippen LogP contribution in [0.4, 0.5) is 0 Å². The van der Waals surface area contributed by atoms with Gasteiger partial charge in [-0.05, 0) is 31.0 Å². The minimum absolute atomic E-state index is 0.00835. The van der Waals surface area contributed by atoms with Gasteiger partial charge in [-0.25, -0.2) is 4.79 Å². The average Bonchev–Trinajstić information content (AvgIpc) is 3.31. The van der Waals surface area contributed by atoms with Gasteiger partial charge in [-0.2, -0.15) is 4.98 Å². The monoisotopic (exact) mass is 412 g/mol. The first-order chi connectivity index (χ1) is 14.5. The van der Waals surface area contributed by atoms with Crippen molar-refractivity contribution in [3.8, 4) is 11.5 Å². The van der Waals surface area contributed by atoms with E-state index in [4.69, 9.17) is 13.7 Å². The number of oxazole rings is 1. The van der Waals surface area contributed by atoms with Crippen LogP contribution in [0.5, 0.6) is 0 Å². The lowest BCUT2D eigenvalue weighted by Crippen LogP contribution is -2.40. The quantitative estimate of drug-likeness (QED) is 0.649. The molecule has 0 spiro atoms. The first-order valence-electron chi connectivity index (χ1n) is 10.4. The van der Waals surface area contributed by atoms with E-state index in [-0.39, 0.29) is 29.5 Å². The normalized spacial score (nSPS) is 18.3. The molecule has 2 aliphatic rings. The zero-order chi connectivity index (χ0) is 20.8. The van der Waals surface area contributed by atoms with Gasteiger partial charge in [0.2, 0.25) is 5.91 Å². The lowest BCUT2D eigenvalue weighted by atomic mass is 9.95. The Balaban J connectivity index is 1.36. The van der Waals surface area contributed by atoms with Crippen LogP contribution in [-0.4, -0.2) is 51.8 Å². The minimum Gasteiger partial charge on any atom is -0.408 e. The smallest absolute Gasteiger partial charge is 0.408 e. The number of rotatable bonds is 4. The number of fused-ring (bicyclic) bond motifs is 1. The third-order valence-electron chi connectivity index (χ3n) is 5.95. The van der Waals surface area contributed by atoms with Gasteiger partial charge in [0.1, 0.15) is 0 Å². The molecule has 3 aromatic rings. The standard InChI is InChI=1S/C21H24N4O5/c1-12(2)20(26)24-7-5-13(6-8-24)18-22-19(30-23-18)14-3-4-17-16(9-14)25(21(27)29-17)15-10-28-11-15/h3-4,9,12-13,15H,5-8,10-11H2,1-2H3. The number of amides is 1. The number of benzene rings is 1. The van der Waals surface area contributed by atoms with Crippen LogP contribution < -0.4 is 5.76 Å². The second-order valence-electron chi connectivity index (χ2n) is 8.32. The Morgan fingerprint density at radius 1 is 1.20 bits per heavy atom. The van der Waals surface area contributed by atoms with Crippen molar-refractivity contribution < 1.29 is 18.5 Å². The molecule has 2 saturated heterocycles. The summed E-state index contributed by atoms with van der Waals surface area (Å²) in [6.07, 6.45) is 1.64. The highest BCUT2D eigenvalue weighted by molar-refractivity contribution is 5.79. The molecule has 1 amide bonds. The lowest BCUT2D eigenvalue weighted by Gasteiger charge is -2.31. The zero-order valence-corrected chi connectivity index (χ0v) is 17.0. The summed E-state index contributed by atoms with van der Waals surface area (Å²) in [6, 6.07) is 5.40. The van der Waals surface area contributed by atoms with E-state index in [1.165, 1.54) is 0 Å². The lowest BCUT2D eigenvalue weighted by molar-refractivity contribution is -0.135. The molecule has 0 radical (unpaired) electrons. The van der Waals surface area contributed by atoms with Gasteiger partial charge < -0.3 is 18.6 Å². The summed E-state index contributed by atoms with van der Waals surface area (Å²) in [5.74, 6) is 1.07. The molecule has 158 valence electrons. The fraction of sp³-hybridized carbons (Fsp3) is 0.524. The van der Waals surface area contributed by atoms with Crippen LogP contribution in [0.1, 0.15) is 44.5 Å². The van der Waals surface area contributed by atoms with E-state index in [0.717, 1.165) is 18.4 Å². The van der Waals surface area contributed by atoms with Crippen molar-refractivity contribution in [2.24, 2.45) is 5.92 Å². The molecule has 0 atom stereocenters. The fourth-order valence-electron chi connectivity index (χ4n) is 4.13. The van der Waals surface area contributed by atoms with Gasteiger partial charge in [0.25, 0.3) is 5.89 Å². The summed E-state index contributed by atoms with van der Waals surface area (Å²) in [5.41, 5.74) is 1.96. The second-order valence-corrected chi connectivity index (χ2v) is 8.32. The van der Waals surface area contributed by atoms with E-state index in [0.29, 0.717) is 49.1 Å². The Kier molecular flexibility index (Phi) is 4.69. The van der Waals surface area contributed by atoms with Gasteiger partial charge in [-0.3, -0.25) is 9.36 Å². The molecule has 2 aromatic heterocycles. The molecule has 0 unspecified atom stereocenters. The van der Waals surface area contributed by atoms with Crippen LogP contribution in [0, 0.1) is 5.92 Å². The Morgan fingerprint density at radius 3 is 2.63 bits per heavy atom. The first-order valence-corrected chi connectivity index (χ1v) is 10.4. The molecule has 1 aromatic carbocycles. The van der Waals surface area contributed by atoms with E-state index in [9.17, 15) is 9.59 Å². The SMILES string of the molecule is CC(C)C(=O)N1CCC(c2noc(-c3ccc4oc(=O)n(C5COC5)c4c3)n2)CC1. The summed E-state index contributed by atoms with van der Waals surface area (Å²) in [5, 5.41) is 4.19. The average molecular weight is 412 g/mol. The van der Waals surface area contributed by atoms with Crippen molar-refractivity contribution in [1.29, 1.82) is 0 Å². The third kappa shape index (κ3) is 3.23. The number of carbonyl (C=O) groups excluding carboxylic acids is 1. The van der Waals surface area contributed by atoms with E-state index in [1.54, 1.807) is 10.6 Å². The van der Waals surface area contributed by atoms with Crippen molar-refractivity contribution in [3.63, 3.8) is 0 Å². The fourth-order valence-corrected chi connectivity index (χ4v) is 4.13. The van der Waals surface area contributed by atoms with E-state index < -0.39 is 0 Å². The summed E-state index contributed by atoms with van der Waals surface area (Å²) in [7, 11) is 0.